The smallest absolute Gasteiger partial charge is 0.435 e. The minimum absolute atomic E-state index is 0.245. The molecule has 5 atom stereocenters. The number of alkyl halides is 9. The van der Waals surface area contributed by atoms with Crippen molar-refractivity contribution >= 4 is 21.6 Å². The lowest BCUT2D eigenvalue weighted by Crippen LogP contribution is -2.67. The third kappa shape index (κ3) is 8.70. The molecule has 4 nitrogen and oxygen atoms in total. The van der Waals surface area contributed by atoms with Gasteiger partial charge < -0.3 is 19.3 Å². The molecule has 3 aliphatic rings. The molecule has 15 heteroatoms. The predicted molar refractivity (Wildman–Crippen MR) is 168 cm³/mol. The van der Waals surface area contributed by atoms with E-state index < -0.39 is 37.2 Å². The molecule has 0 unspecified atom stereocenters. The van der Waals surface area contributed by atoms with Crippen LogP contribution in [0.15, 0.2) is 18.2 Å². The highest BCUT2D eigenvalue weighted by Crippen LogP contribution is 2.62. The summed E-state index contributed by atoms with van der Waals surface area (Å²) in [5, 5.41) is 8.83. The Bertz CT molecular complexity index is 1130. The first-order chi connectivity index (χ1) is 22.6. The minimum Gasteiger partial charge on any atom is -0.493 e. The van der Waals surface area contributed by atoms with Gasteiger partial charge in [0, 0.05) is 24.7 Å². The van der Waals surface area contributed by atoms with E-state index in [4.69, 9.17) is 14.6 Å². The number of rotatable bonds is 17. The van der Waals surface area contributed by atoms with Gasteiger partial charge >= 0.3 is 24.1 Å². The molecule has 0 aromatic heterocycles. The minimum atomic E-state index is -6.73. The largest absolute Gasteiger partial charge is 0.493 e. The van der Waals surface area contributed by atoms with E-state index in [1.807, 2.05) is 16.9 Å². The van der Waals surface area contributed by atoms with E-state index in [1.54, 1.807) is 10.8 Å². The monoisotopic (exact) mass is 740 g/mol. The normalized spacial score (nSPS) is 26.2. The van der Waals surface area contributed by atoms with Crippen molar-refractivity contribution in [3.05, 3.63) is 29.3 Å². The third-order valence-corrected chi connectivity index (χ3v) is 12.8. The predicted octanol–water partition coefficient (Wildman–Crippen LogP) is 10.1. The molecule has 48 heavy (non-hydrogen) atoms. The molecular formula is C33H45F9O4S2. The molecule has 0 spiro atoms. The Labute approximate surface area is 284 Å². The van der Waals surface area contributed by atoms with Gasteiger partial charge in [-0.05, 0) is 104 Å². The molecule has 2 saturated carbocycles. The van der Waals surface area contributed by atoms with E-state index in [2.05, 4.69) is 23.8 Å². The van der Waals surface area contributed by atoms with Gasteiger partial charge in [0.15, 0.2) is 0 Å². The SMILES string of the molecule is C[C@]12CC[C@@H]3c4ccc(OCCSSCCCCCCO)cc4CC[C@H]3[C@@H]1CC[C@@H]2OCCCOC(C(F)(F)F)(C(F)(F)F)C(F)(F)F. The molecule has 0 heterocycles. The van der Waals surface area contributed by atoms with Crippen LogP contribution in [0.3, 0.4) is 0 Å². The number of benzene rings is 1. The number of fused-ring (bicyclic) bond motifs is 5. The summed E-state index contributed by atoms with van der Waals surface area (Å²) in [4.78, 5) is 0. The maximum absolute atomic E-state index is 13.1. The zero-order chi connectivity index (χ0) is 35.2. The van der Waals surface area contributed by atoms with E-state index in [1.165, 1.54) is 11.1 Å². The van der Waals surface area contributed by atoms with Gasteiger partial charge in [0.05, 0.1) is 19.3 Å². The lowest BCUT2D eigenvalue weighted by molar-refractivity contribution is -0.457. The van der Waals surface area contributed by atoms with Crippen molar-refractivity contribution in [3.8, 4) is 5.75 Å². The molecule has 1 N–H and O–H groups in total. The maximum atomic E-state index is 13.1. The van der Waals surface area contributed by atoms with Crippen molar-refractivity contribution in [1.29, 1.82) is 0 Å². The van der Waals surface area contributed by atoms with Crippen LogP contribution in [0.1, 0.15) is 88.2 Å². The molecule has 2 fully saturated rings. The van der Waals surface area contributed by atoms with Gasteiger partial charge in [-0.15, -0.1) is 0 Å². The molecule has 0 amide bonds. The molecule has 0 bridgehead atoms. The highest BCUT2D eigenvalue weighted by atomic mass is 33.1. The lowest BCUT2D eigenvalue weighted by Gasteiger charge is -2.50. The second-order valence-electron chi connectivity index (χ2n) is 13.3. The average molecular weight is 741 g/mol. The van der Waals surface area contributed by atoms with Gasteiger partial charge in [-0.1, -0.05) is 47.4 Å². The van der Waals surface area contributed by atoms with Gasteiger partial charge in [-0.25, -0.2) is 0 Å². The van der Waals surface area contributed by atoms with E-state index in [9.17, 15) is 39.5 Å². The Morgan fingerprint density at radius 1 is 0.792 bits per heavy atom. The van der Waals surface area contributed by atoms with Crippen LogP contribution in [0.25, 0.3) is 0 Å². The number of hydrogen-bond acceptors (Lipinski definition) is 6. The number of ether oxygens (including phenoxy) is 3. The summed E-state index contributed by atoms with van der Waals surface area (Å²) in [7, 11) is 3.65. The quantitative estimate of drug-likeness (QED) is 0.0975. The Morgan fingerprint density at radius 2 is 1.48 bits per heavy atom. The molecule has 1 aromatic rings. The first-order valence-corrected chi connectivity index (χ1v) is 19.1. The molecular weight excluding hydrogens is 695 g/mol. The number of aliphatic hydroxyl groups is 1. The van der Waals surface area contributed by atoms with E-state index >= 15 is 0 Å². The van der Waals surface area contributed by atoms with Gasteiger partial charge in [0.1, 0.15) is 5.75 Å². The summed E-state index contributed by atoms with van der Waals surface area (Å²) in [5.41, 5.74) is -3.87. The summed E-state index contributed by atoms with van der Waals surface area (Å²) >= 11 is 0. The van der Waals surface area contributed by atoms with E-state index in [-0.39, 0.29) is 24.7 Å². The van der Waals surface area contributed by atoms with E-state index in [0.717, 1.165) is 75.0 Å². The molecule has 0 radical (unpaired) electrons. The number of hydrogen-bond donors (Lipinski definition) is 1. The second-order valence-corrected chi connectivity index (χ2v) is 16.0. The second kappa shape index (κ2) is 16.5. The van der Waals surface area contributed by atoms with Crippen LogP contribution < -0.4 is 4.74 Å². The molecule has 4 rings (SSSR count). The number of halogens is 9. The average Bonchev–Trinajstić information content (AvgIpc) is 3.33. The standard InChI is InChI=1S/C33H45F9O4S2/c1-29-14-13-25-24-10-8-23(44-18-20-48-47-19-5-3-2-4-15-43)21-22(24)7-9-26(25)27(29)11-12-28(29)45-16-6-17-46-30(31(34,35)36,32(37,38)39)33(40,41)42/h8,10,21,25-28,43H,2-7,9,11-20H2,1H3/t25-,26-,27+,28+,29+/m1/s1. The van der Waals surface area contributed by atoms with Crippen molar-refractivity contribution in [1.82, 2.24) is 0 Å². The van der Waals surface area contributed by atoms with E-state index in [0.29, 0.717) is 30.8 Å². The van der Waals surface area contributed by atoms with Crippen molar-refractivity contribution in [3.63, 3.8) is 0 Å². The summed E-state index contributed by atoms with van der Waals surface area (Å²) in [6.07, 6.45) is -11.7. The van der Waals surface area contributed by atoms with Crippen LogP contribution in [-0.4, -0.2) is 73.3 Å². The molecule has 0 aliphatic heterocycles. The van der Waals surface area contributed by atoms with Crippen LogP contribution in [0.5, 0.6) is 5.75 Å². The van der Waals surface area contributed by atoms with Gasteiger partial charge in [-0.2, -0.15) is 39.5 Å². The highest BCUT2D eigenvalue weighted by Gasteiger charge is 2.85. The molecule has 1 aromatic carbocycles. The van der Waals surface area contributed by atoms with Crippen molar-refractivity contribution in [2.45, 2.75) is 114 Å². The third-order valence-electron chi connectivity index (χ3n) is 10.4. The lowest BCUT2D eigenvalue weighted by atomic mass is 9.55. The fourth-order valence-electron chi connectivity index (χ4n) is 8.05. The van der Waals surface area contributed by atoms with Crippen molar-refractivity contribution < 1.29 is 58.8 Å². The zero-order valence-corrected chi connectivity index (χ0v) is 28.6. The molecule has 0 saturated heterocycles. The fraction of sp³-hybridized carbons (Fsp3) is 0.818. The van der Waals surface area contributed by atoms with Crippen LogP contribution in [-0.2, 0) is 15.9 Å². The van der Waals surface area contributed by atoms with Gasteiger partial charge in [0.25, 0.3) is 0 Å². The van der Waals surface area contributed by atoms with Crippen LogP contribution >= 0.6 is 21.6 Å². The van der Waals surface area contributed by atoms with Crippen LogP contribution in [0.4, 0.5) is 39.5 Å². The van der Waals surface area contributed by atoms with Gasteiger partial charge in [-0.3, -0.25) is 0 Å². The number of aryl methyl sites for hydroxylation is 1. The summed E-state index contributed by atoms with van der Waals surface area (Å²) in [5.74, 6) is 3.93. The summed E-state index contributed by atoms with van der Waals surface area (Å²) in [6.45, 7) is 1.27. The van der Waals surface area contributed by atoms with Crippen molar-refractivity contribution in [2.75, 3.05) is 37.9 Å². The molecule has 276 valence electrons. The zero-order valence-electron chi connectivity index (χ0n) is 27.0. The first kappa shape index (κ1) is 39.8. The van der Waals surface area contributed by atoms with Gasteiger partial charge in [0.2, 0.25) is 0 Å². The topological polar surface area (TPSA) is 47.9 Å². The number of unbranched alkanes of at least 4 members (excludes halogenated alkanes) is 3. The highest BCUT2D eigenvalue weighted by molar-refractivity contribution is 8.76. The Balaban J connectivity index is 1.24. The summed E-state index contributed by atoms with van der Waals surface area (Å²) < 4.78 is 134. The van der Waals surface area contributed by atoms with Crippen LogP contribution in [0.2, 0.25) is 0 Å². The first-order valence-electron chi connectivity index (χ1n) is 16.6. The Morgan fingerprint density at radius 3 is 2.17 bits per heavy atom. The fourth-order valence-corrected chi connectivity index (χ4v) is 10.0. The number of aliphatic hydroxyl groups excluding tert-OH is 1. The Kier molecular flexibility index (Phi) is 13.7. The van der Waals surface area contributed by atoms with Crippen LogP contribution in [0, 0.1) is 17.3 Å². The van der Waals surface area contributed by atoms with Crippen molar-refractivity contribution in [2.24, 2.45) is 17.3 Å². The maximum Gasteiger partial charge on any atom is 0.435 e. The molecule has 3 aliphatic carbocycles. The summed E-state index contributed by atoms with van der Waals surface area (Å²) in [6, 6.07) is 6.35. The Hall–Kier alpha value is -1.03.